The van der Waals surface area contributed by atoms with Gasteiger partial charge in [-0.3, -0.25) is 10.1 Å². The van der Waals surface area contributed by atoms with Gasteiger partial charge in [0.1, 0.15) is 17.8 Å². The summed E-state index contributed by atoms with van der Waals surface area (Å²) < 4.78 is 7.63. The molecule has 8 nitrogen and oxygen atoms in total. The largest absolute Gasteiger partial charge is 0.387 e. The first-order valence-electron chi connectivity index (χ1n) is 11.1. The Morgan fingerprint density at radius 3 is 2.78 bits per heavy atom. The number of aromatic nitrogens is 6. The number of pyridine rings is 1. The van der Waals surface area contributed by atoms with Crippen molar-refractivity contribution in [3.63, 3.8) is 0 Å². The zero-order valence-electron chi connectivity index (χ0n) is 18.2. The lowest BCUT2D eigenvalue weighted by atomic mass is 9.75. The van der Waals surface area contributed by atoms with Gasteiger partial charge in [-0.2, -0.15) is 5.10 Å². The number of benzene rings is 1. The minimum atomic E-state index is -0.655. The maximum atomic E-state index is 10.3. The number of ether oxygens (including phenoxy) is 1. The highest BCUT2D eigenvalue weighted by atomic mass is 16.5. The second-order valence-corrected chi connectivity index (χ2v) is 9.27. The maximum Gasteiger partial charge on any atom is 0.133 e. The molecule has 2 aliphatic rings. The second-order valence-electron chi connectivity index (χ2n) is 9.27. The summed E-state index contributed by atoms with van der Waals surface area (Å²) in [5.41, 5.74) is 5.57. The van der Waals surface area contributed by atoms with Gasteiger partial charge in [0.25, 0.3) is 0 Å². The number of aliphatic hydroxyl groups is 1. The van der Waals surface area contributed by atoms with E-state index in [2.05, 4.69) is 50.7 Å². The van der Waals surface area contributed by atoms with Crippen LogP contribution in [0, 0.1) is 0 Å². The van der Waals surface area contributed by atoms with E-state index in [9.17, 15) is 5.11 Å². The van der Waals surface area contributed by atoms with E-state index in [1.807, 2.05) is 11.6 Å². The van der Waals surface area contributed by atoms with E-state index in [1.165, 1.54) is 5.56 Å². The van der Waals surface area contributed by atoms with E-state index in [4.69, 9.17) is 9.72 Å². The number of rotatable bonds is 6. The Labute approximate surface area is 185 Å². The molecule has 0 unspecified atom stereocenters. The van der Waals surface area contributed by atoms with Crippen LogP contribution < -0.4 is 0 Å². The van der Waals surface area contributed by atoms with Crippen LogP contribution in [0.15, 0.2) is 36.7 Å². The molecule has 2 fully saturated rings. The summed E-state index contributed by atoms with van der Waals surface area (Å²) in [6.45, 7) is 3.07. The van der Waals surface area contributed by atoms with Gasteiger partial charge in [0.05, 0.1) is 30.5 Å². The first-order valence-corrected chi connectivity index (χ1v) is 11.1. The second kappa shape index (κ2) is 7.21. The number of nitrogens with zero attached hydrogens (tertiary/aromatic N) is 5. The SMILES string of the molecule is C[C@H](O)c1nc(C2CC2)cc2c(-c3cccc(C4(Cc5nncn5C)COC4)c3)n[nH]c12. The number of nitrogens with one attached hydrogen (secondary N) is 1. The number of aliphatic hydroxyl groups excluding tert-OH is 1. The molecule has 0 amide bonds. The Kier molecular flexibility index (Phi) is 4.41. The molecule has 1 saturated carbocycles. The van der Waals surface area contributed by atoms with Crippen molar-refractivity contribution >= 4 is 10.9 Å². The van der Waals surface area contributed by atoms with Gasteiger partial charge in [0, 0.05) is 41.4 Å². The van der Waals surface area contributed by atoms with Gasteiger partial charge in [-0.1, -0.05) is 18.2 Å². The van der Waals surface area contributed by atoms with Gasteiger partial charge in [-0.05, 0) is 37.5 Å². The fourth-order valence-corrected chi connectivity index (χ4v) is 4.66. The van der Waals surface area contributed by atoms with Gasteiger partial charge in [-0.25, -0.2) is 0 Å². The average Bonchev–Trinajstić information content (AvgIpc) is 3.41. The summed E-state index contributed by atoms with van der Waals surface area (Å²) in [6, 6.07) is 10.7. The molecule has 2 N–H and O–H groups in total. The highest BCUT2D eigenvalue weighted by Crippen LogP contribution is 2.42. The zero-order valence-corrected chi connectivity index (χ0v) is 18.2. The number of aryl methyl sites for hydroxylation is 1. The van der Waals surface area contributed by atoms with Gasteiger partial charge in [-0.15, -0.1) is 10.2 Å². The fourth-order valence-electron chi connectivity index (χ4n) is 4.66. The third-order valence-electron chi connectivity index (χ3n) is 6.80. The summed E-state index contributed by atoms with van der Waals surface area (Å²) in [7, 11) is 1.97. The Hall–Kier alpha value is -3.10. The van der Waals surface area contributed by atoms with E-state index in [1.54, 1.807) is 13.3 Å². The monoisotopic (exact) mass is 430 g/mol. The third-order valence-corrected chi connectivity index (χ3v) is 6.80. The molecule has 0 spiro atoms. The van der Waals surface area contributed by atoms with Crippen molar-refractivity contribution in [1.82, 2.24) is 29.9 Å². The molecular weight excluding hydrogens is 404 g/mol. The lowest BCUT2D eigenvalue weighted by molar-refractivity contribution is -0.0611. The number of hydrogen-bond acceptors (Lipinski definition) is 6. The van der Waals surface area contributed by atoms with E-state index in [0.29, 0.717) is 24.8 Å². The Bertz CT molecular complexity index is 1300. The Morgan fingerprint density at radius 1 is 1.28 bits per heavy atom. The van der Waals surface area contributed by atoms with Crippen molar-refractivity contribution < 1.29 is 9.84 Å². The molecule has 8 heteroatoms. The number of aromatic amines is 1. The molecule has 0 radical (unpaired) electrons. The maximum absolute atomic E-state index is 10.3. The smallest absolute Gasteiger partial charge is 0.133 e. The summed E-state index contributed by atoms with van der Waals surface area (Å²) in [5.74, 6) is 1.44. The van der Waals surface area contributed by atoms with E-state index in [0.717, 1.165) is 52.9 Å². The molecule has 6 rings (SSSR count). The summed E-state index contributed by atoms with van der Waals surface area (Å²) >= 11 is 0. The lowest BCUT2D eigenvalue weighted by Crippen LogP contribution is -2.49. The highest BCUT2D eigenvalue weighted by molar-refractivity contribution is 5.94. The van der Waals surface area contributed by atoms with Crippen LogP contribution in [0.25, 0.3) is 22.2 Å². The van der Waals surface area contributed by atoms with E-state index in [-0.39, 0.29) is 5.41 Å². The molecule has 1 saturated heterocycles. The molecule has 1 aliphatic carbocycles. The van der Waals surface area contributed by atoms with Crippen LogP contribution >= 0.6 is 0 Å². The Morgan fingerprint density at radius 2 is 2.12 bits per heavy atom. The predicted molar refractivity (Wildman–Crippen MR) is 119 cm³/mol. The topological polar surface area (TPSA) is 102 Å². The molecule has 1 aromatic carbocycles. The summed E-state index contributed by atoms with van der Waals surface area (Å²) in [6.07, 6.45) is 4.17. The number of hydrogen-bond donors (Lipinski definition) is 2. The molecule has 164 valence electrons. The summed E-state index contributed by atoms with van der Waals surface area (Å²) in [5, 5.41) is 27.4. The van der Waals surface area contributed by atoms with Gasteiger partial charge >= 0.3 is 0 Å². The third kappa shape index (κ3) is 3.13. The Balaban J connectivity index is 1.43. The molecule has 4 aromatic rings. The molecule has 32 heavy (non-hydrogen) atoms. The van der Waals surface area contributed by atoms with Gasteiger partial charge in [0.2, 0.25) is 0 Å². The lowest BCUT2D eigenvalue weighted by Gasteiger charge is -2.41. The van der Waals surface area contributed by atoms with Crippen LogP contribution in [0.5, 0.6) is 0 Å². The first kappa shape index (κ1) is 19.6. The van der Waals surface area contributed by atoms with Crippen LogP contribution in [0.3, 0.4) is 0 Å². The molecule has 1 aliphatic heterocycles. The molecule has 3 aromatic heterocycles. The van der Waals surface area contributed by atoms with Crippen LogP contribution in [-0.4, -0.2) is 48.3 Å². The minimum Gasteiger partial charge on any atom is -0.387 e. The van der Waals surface area contributed by atoms with Crippen LogP contribution in [0.1, 0.15) is 54.6 Å². The van der Waals surface area contributed by atoms with Crippen molar-refractivity contribution in [2.24, 2.45) is 7.05 Å². The van der Waals surface area contributed by atoms with Crippen molar-refractivity contribution in [2.45, 2.75) is 43.6 Å². The minimum absolute atomic E-state index is 0.117. The molecule has 1 atom stereocenters. The predicted octanol–water partition coefficient (Wildman–Crippen LogP) is 3.19. The number of H-pyrrole nitrogens is 1. The molecule has 4 heterocycles. The quantitative estimate of drug-likeness (QED) is 0.487. The van der Waals surface area contributed by atoms with Crippen molar-refractivity contribution in [1.29, 1.82) is 0 Å². The first-order chi connectivity index (χ1) is 15.5. The fraction of sp³-hybridized carbons (Fsp3) is 0.417. The standard InChI is InChI=1S/C24H26N6O2/c1-14(31)21-23-18(9-19(26-21)15-6-7-15)22(28-29-23)16-4-3-5-17(8-16)24(11-32-12-24)10-20-27-25-13-30(20)2/h3-5,8-9,13-15,31H,6-7,10-12H2,1-2H3,(H,28,29)/t14-/m0/s1. The van der Waals surface area contributed by atoms with Gasteiger partial charge < -0.3 is 14.4 Å². The van der Waals surface area contributed by atoms with E-state index >= 15 is 0 Å². The molecular formula is C24H26N6O2. The highest BCUT2D eigenvalue weighted by Gasteiger charge is 2.42. The van der Waals surface area contributed by atoms with Crippen LogP contribution in [-0.2, 0) is 23.6 Å². The number of fused-ring (bicyclic) bond motifs is 1. The zero-order chi connectivity index (χ0) is 21.9. The summed E-state index contributed by atoms with van der Waals surface area (Å²) in [4.78, 5) is 4.75. The van der Waals surface area contributed by atoms with Crippen molar-refractivity contribution in [3.8, 4) is 11.3 Å². The van der Waals surface area contributed by atoms with Crippen LogP contribution in [0.4, 0.5) is 0 Å². The van der Waals surface area contributed by atoms with Crippen molar-refractivity contribution in [3.05, 3.63) is 59.4 Å². The average molecular weight is 431 g/mol. The normalized spacial score (nSPS) is 18.6. The van der Waals surface area contributed by atoms with Crippen LogP contribution in [0.2, 0.25) is 0 Å². The van der Waals surface area contributed by atoms with Crippen molar-refractivity contribution in [2.75, 3.05) is 13.2 Å². The van der Waals surface area contributed by atoms with E-state index < -0.39 is 6.10 Å². The molecule has 0 bridgehead atoms. The van der Waals surface area contributed by atoms with Gasteiger partial charge in [0.15, 0.2) is 0 Å².